The highest BCUT2D eigenvalue weighted by Gasteiger charge is 2.31. The van der Waals surface area contributed by atoms with Crippen LogP contribution in [0.5, 0.6) is 0 Å². The summed E-state index contributed by atoms with van der Waals surface area (Å²) >= 11 is 6.07. The first-order valence-electron chi connectivity index (χ1n) is 9.48. The van der Waals surface area contributed by atoms with Gasteiger partial charge < -0.3 is 9.64 Å². The van der Waals surface area contributed by atoms with E-state index in [4.69, 9.17) is 16.3 Å². The second kappa shape index (κ2) is 8.44. The average Bonchev–Trinajstić information content (AvgIpc) is 3.10. The van der Waals surface area contributed by atoms with Gasteiger partial charge in [0.1, 0.15) is 6.10 Å². The Balaban J connectivity index is 1.61. The molecule has 1 saturated heterocycles. The molecule has 7 nitrogen and oxygen atoms in total. The molecular weight excluding hydrogens is 370 g/mol. The van der Waals surface area contributed by atoms with Gasteiger partial charge in [-0.2, -0.15) is 0 Å². The first-order valence-corrected chi connectivity index (χ1v) is 9.86. The van der Waals surface area contributed by atoms with Gasteiger partial charge in [-0.25, -0.2) is 4.79 Å². The Hall–Kier alpha value is -1.86. The van der Waals surface area contributed by atoms with Crippen LogP contribution in [-0.2, 0) is 11.3 Å². The van der Waals surface area contributed by atoms with Gasteiger partial charge in [-0.3, -0.25) is 15.0 Å². The Bertz CT molecular complexity index is 721. The van der Waals surface area contributed by atoms with Crippen LogP contribution in [0.3, 0.4) is 0 Å². The topological polar surface area (TPSA) is 75.9 Å². The van der Waals surface area contributed by atoms with Crippen molar-refractivity contribution in [1.82, 2.24) is 9.80 Å². The molecule has 148 valence electrons. The van der Waals surface area contributed by atoms with Crippen LogP contribution in [0.4, 0.5) is 10.5 Å². The maximum atomic E-state index is 12.4. The van der Waals surface area contributed by atoms with Crippen molar-refractivity contribution in [3.8, 4) is 0 Å². The molecule has 0 bridgehead atoms. The van der Waals surface area contributed by atoms with Crippen molar-refractivity contribution in [3.63, 3.8) is 0 Å². The molecule has 0 N–H and O–H groups in total. The molecule has 1 unspecified atom stereocenters. The minimum atomic E-state index is -0.399. The monoisotopic (exact) mass is 395 g/mol. The van der Waals surface area contributed by atoms with E-state index in [0.717, 1.165) is 31.2 Å². The van der Waals surface area contributed by atoms with E-state index in [-0.39, 0.29) is 23.9 Å². The molecule has 1 aliphatic heterocycles. The Labute approximate surface area is 164 Å². The predicted octanol–water partition coefficient (Wildman–Crippen LogP) is 4.14. The van der Waals surface area contributed by atoms with Gasteiger partial charge in [0.2, 0.25) is 0 Å². The van der Waals surface area contributed by atoms with Crippen LogP contribution in [0.1, 0.15) is 43.7 Å². The molecule has 1 amide bonds. The summed E-state index contributed by atoms with van der Waals surface area (Å²) in [5, 5.41) is 11.6. The van der Waals surface area contributed by atoms with Gasteiger partial charge in [-0.15, -0.1) is 0 Å². The van der Waals surface area contributed by atoms with E-state index >= 15 is 0 Å². The van der Waals surface area contributed by atoms with Crippen molar-refractivity contribution < 1.29 is 14.5 Å². The molecule has 0 spiro atoms. The standard InChI is InChI=1S/C19H26ClN3O4/c1-13-11-21(7-8-22(13)19(24)27-17-5-3-4-6-17)12-15-9-16(20)10-18(14(15)2)23(25)26/h9-10,13,17H,3-8,11-12H2,1-2H3. The molecule has 8 heteroatoms. The van der Waals surface area contributed by atoms with Crippen molar-refractivity contribution >= 4 is 23.4 Å². The molecule has 1 aliphatic carbocycles. The summed E-state index contributed by atoms with van der Waals surface area (Å²) in [5.41, 5.74) is 1.54. The number of amides is 1. The van der Waals surface area contributed by atoms with Crippen molar-refractivity contribution in [2.75, 3.05) is 19.6 Å². The summed E-state index contributed by atoms with van der Waals surface area (Å²) in [7, 11) is 0. The molecule has 1 atom stereocenters. The lowest BCUT2D eigenvalue weighted by atomic mass is 10.1. The van der Waals surface area contributed by atoms with Gasteiger partial charge in [-0.05, 0) is 51.2 Å². The highest BCUT2D eigenvalue weighted by molar-refractivity contribution is 6.30. The molecule has 1 aromatic rings. The number of hydrogen-bond acceptors (Lipinski definition) is 5. The van der Waals surface area contributed by atoms with Crippen molar-refractivity contribution in [1.29, 1.82) is 0 Å². The number of carbonyl (C=O) groups excluding carboxylic acids is 1. The molecule has 0 radical (unpaired) electrons. The van der Waals surface area contributed by atoms with Crippen LogP contribution < -0.4 is 0 Å². The van der Waals surface area contributed by atoms with Gasteiger partial charge in [0.05, 0.1) is 4.92 Å². The molecule has 0 aromatic heterocycles. The summed E-state index contributed by atoms with van der Waals surface area (Å²) in [6.45, 7) is 6.32. The summed E-state index contributed by atoms with van der Waals surface area (Å²) in [6, 6.07) is 3.21. The predicted molar refractivity (Wildman–Crippen MR) is 103 cm³/mol. The van der Waals surface area contributed by atoms with Crippen molar-refractivity contribution in [2.24, 2.45) is 0 Å². The Morgan fingerprint density at radius 2 is 2.04 bits per heavy atom. The minimum absolute atomic E-state index is 0.0297. The number of halogens is 1. The number of benzene rings is 1. The lowest BCUT2D eigenvalue weighted by Crippen LogP contribution is -2.54. The number of hydrogen-bond donors (Lipinski definition) is 0. The lowest BCUT2D eigenvalue weighted by Gasteiger charge is -2.39. The van der Waals surface area contributed by atoms with Crippen LogP contribution in [0.15, 0.2) is 12.1 Å². The largest absolute Gasteiger partial charge is 0.446 e. The highest BCUT2D eigenvalue weighted by atomic mass is 35.5. The lowest BCUT2D eigenvalue weighted by molar-refractivity contribution is -0.385. The number of piperazine rings is 1. The van der Waals surface area contributed by atoms with Crippen LogP contribution in [0.2, 0.25) is 5.02 Å². The number of rotatable bonds is 4. The summed E-state index contributed by atoms with van der Waals surface area (Å²) in [6.07, 6.45) is 4.04. The Morgan fingerprint density at radius 3 is 2.67 bits per heavy atom. The van der Waals surface area contributed by atoms with E-state index < -0.39 is 4.92 Å². The fourth-order valence-electron chi connectivity index (χ4n) is 3.98. The molecular formula is C19H26ClN3O4. The van der Waals surface area contributed by atoms with Gasteiger partial charge >= 0.3 is 6.09 Å². The summed E-state index contributed by atoms with van der Waals surface area (Å²) < 4.78 is 5.63. The van der Waals surface area contributed by atoms with E-state index in [1.807, 2.05) is 6.92 Å². The first-order chi connectivity index (χ1) is 12.8. The number of nitro benzene ring substituents is 1. The fraction of sp³-hybridized carbons (Fsp3) is 0.632. The van der Waals surface area contributed by atoms with Crippen LogP contribution >= 0.6 is 11.6 Å². The van der Waals surface area contributed by atoms with Gasteiger partial charge in [0, 0.05) is 48.9 Å². The van der Waals surface area contributed by atoms with Gasteiger partial charge in [0.25, 0.3) is 5.69 Å². The molecule has 3 rings (SSSR count). The molecule has 1 saturated carbocycles. The van der Waals surface area contributed by atoms with E-state index in [2.05, 4.69) is 4.90 Å². The zero-order valence-corrected chi connectivity index (χ0v) is 16.6. The van der Waals surface area contributed by atoms with Crippen LogP contribution in [0, 0.1) is 17.0 Å². The Morgan fingerprint density at radius 1 is 1.33 bits per heavy atom. The highest BCUT2D eigenvalue weighted by Crippen LogP contribution is 2.28. The zero-order chi connectivity index (χ0) is 19.6. The second-order valence-corrected chi connectivity index (χ2v) is 7.97. The zero-order valence-electron chi connectivity index (χ0n) is 15.8. The molecule has 2 fully saturated rings. The third kappa shape index (κ3) is 4.71. The number of nitro groups is 1. The maximum absolute atomic E-state index is 12.4. The number of nitrogens with zero attached hydrogens (tertiary/aromatic N) is 3. The number of ether oxygens (including phenoxy) is 1. The summed E-state index contributed by atoms with van der Waals surface area (Å²) in [5.74, 6) is 0. The molecule has 2 aliphatic rings. The Kier molecular flexibility index (Phi) is 6.22. The molecule has 27 heavy (non-hydrogen) atoms. The van der Waals surface area contributed by atoms with Crippen molar-refractivity contribution in [3.05, 3.63) is 38.4 Å². The quantitative estimate of drug-likeness (QED) is 0.565. The van der Waals surface area contributed by atoms with E-state index in [1.54, 1.807) is 17.9 Å². The van der Waals surface area contributed by atoms with E-state index in [0.29, 0.717) is 36.8 Å². The van der Waals surface area contributed by atoms with Gasteiger partial charge in [-0.1, -0.05) is 11.6 Å². The van der Waals surface area contributed by atoms with Crippen LogP contribution in [0.25, 0.3) is 0 Å². The van der Waals surface area contributed by atoms with E-state index in [1.165, 1.54) is 6.07 Å². The normalized spacial score (nSPS) is 21.4. The first kappa shape index (κ1) is 19.9. The number of carbonyl (C=O) groups is 1. The maximum Gasteiger partial charge on any atom is 0.410 e. The smallest absolute Gasteiger partial charge is 0.410 e. The fourth-order valence-corrected chi connectivity index (χ4v) is 4.21. The van der Waals surface area contributed by atoms with Crippen LogP contribution in [-0.4, -0.2) is 52.6 Å². The third-order valence-corrected chi connectivity index (χ3v) is 5.78. The van der Waals surface area contributed by atoms with Gasteiger partial charge in [0.15, 0.2) is 0 Å². The summed E-state index contributed by atoms with van der Waals surface area (Å²) in [4.78, 5) is 27.2. The minimum Gasteiger partial charge on any atom is -0.446 e. The third-order valence-electron chi connectivity index (χ3n) is 5.56. The molecule has 1 aromatic carbocycles. The average molecular weight is 396 g/mol. The van der Waals surface area contributed by atoms with E-state index in [9.17, 15) is 14.9 Å². The van der Waals surface area contributed by atoms with Crippen molar-refractivity contribution in [2.45, 2.75) is 58.2 Å². The second-order valence-electron chi connectivity index (χ2n) is 7.53. The SMILES string of the molecule is Cc1c(CN2CCN(C(=O)OC3CCCC3)C(C)C2)cc(Cl)cc1[N+](=O)[O-]. The molecule has 1 heterocycles.